The van der Waals surface area contributed by atoms with Crippen LogP contribution < -0.4 is 5.32 Å². The van der Waals surface area contributed by atoms with Crippen molar-refractivity contribution in [3.05, 3.63) is 83.0 Å². The molecule has 0 atom stereocenters. The van der Waals surface area contributed by atoms with E-state index in [-0.39, 0.29) is 23.9 Å². The van der Waals surface area contributed by atoms with Gasteiger partial charge in [0.25, 0.3) is 13.3 Å². The summed E-state index contributed by atoms with van der Waals surface area (Å²) in [5.74, 6) is -0.0873. The number of nitrogens with one attached hydrogen (secondary N) is 1. The van der Waals surface area contributed by atoms with Crippen LogP contribution in [0.25, 0.3) is 0 Å². The maximum absolute atomic E-state index is 12.1. The quantitative estimate of drug-likeness (QED) is 0.0821. The summed E-state index contributed by atoms with van der Waals surface area (Å²) in [7, 11) is 0. The molecule has 7 heteroatoms. The number of hydrogen-bond acceptors (Lipinski definition) is 6. The van der Waals surface area contributed by atoms with Crippen LogP contribution in [0.2, 0.25) is 0 Å². The van der Waals surface area contributed by atoms with Crippen molar-refractivity contribution in [1.82, 2.24) is 0 Å². The van der Waals surface area contributed by atoms with Crippen LogP contribution in [0, 0.1) is 5.41 Å². The van der Waals surface area contributed by atoms with Gasteiger partial charge in [0.1, 0.15) is 5.75 Å². The van der Waals surface area contributed by atoms with Crippen molar-refractivity contribution in [2.24, 2.45) is 10.6 Å². The third-order valence-corrected chi connectivity index (χ3v) is 5.64. The van der Waals surface area contributed by atoms with Crippen LogP contribution in [0.15, 0.2) is 88.2 Å². The van der Waals surface area contributed by atoms with E-state index in [1.54, 1.807) is 12.1 Å². The number of carbonyl (C=O) groups is 2. The Morgan fingerprint density at radius 1 is 1.17 bits per heavy atom. The van der Waals surface area contributed by atoms with Crippen LogP contribution >= 0.6 is 0 Å². The molecular formula is C28H34N2O5. The number of benzene rings is 1. The summed E-state index contributed by atoms with van der Waals surface area (Å²) in [4.78, 5) is 27.5. The van der Waals surface area contributed by atoms with Crippen molar-refractivity contribution >= 4 is 23.8 Å². The zero-order valence-electron chi connectivity index (χ0n) is 21.0. The van der Waals surface area contributed by atoms with Crippen LogP contribution in [-0.2, 0) is 19.2 Å². The smallest absolute Gasteiger partial charge is 0.296 e. The molecule has 186 valence electrons. The molecule has 0 bridgehead atoms. The van der Waals surface area contributed by atoms with Gasteiger partial charge in [0.05, 0.1) is 5.71 Å². The minimum Gasteiger partial charge on any atom is -0.508 e. The maximum atomic E-state index is 12.1. The number of nitrogens with zero attached hydrogens (tertiary/aromatic N) is 1. The third kappa shape index (κ3) is 9.12. The zero-order valence-corrected chi connectivity index (χ0v) is 21.0. The van der Waals surface area contributed by atoms with Gasteiger partial charge in [-0.1, -0.05) is 55.0 Å². The predicted octanol–water partition coefficient (Wildman–Crippen LogP) is 5.98. The van der Waals surface area contributed by atoms with Gasteiger partial charge >= 0.3 is 0 Å². The molecule has 1 aliphatic carbocycles. The Labute approximate surface area is 207 Å². The second kappa shape index (κ2) is 13.1. The van der Waals surface area contributed by atoms with Crippen LogP contribution in [-0.4, -0.2) is 30.0 Å². The molecule has 0 unspecified atom stereocenters. The highest BCUT2D eigenvalue weighted by Gasteiger charge is 2.30. The normalized spacial score (nSPS) is 17.8. The van der Waals surface area contributed by atoms with E-state index in [0.29, 0.717) is 12.2 Å². The molecular weight excluding hydrogens is 444 g/mol. The number of anilines is 1. The molecule has 35 heavy (non-hydrogen) atoms. The highest BCUT2D eigenvalue weighted by molar-refractivity contribution is 6.01. The molecule has 0 aliphatic heterocycles. The van der Waals surface area contributed by atoms with Crippen LogP contribution in [0.4, 0.5) is 5.69 Å². The number of oxime groups is 1. The minimum absolute atomic E-state index is 0.000789. The fourth-order valence-corrected chi connectivity index (χ4v) is 3.64. The molecule has 1 aromatic rings. The lowest BCUT2D eigenvalue weighted by Gasteiger charge is -2.33. The Kier molecular flexibility index (Phi) is 10.3. The van der Waals surface area contributed by atoms with E-state index in [4.69, 9.17) is 4.84 Å². The lowest BCUT2D eigenvalue weighted by molar-refractivity contribution is -0.140. The number of ether oxygens (including phenoxy) is 1. The van der Waals surface area contributed by atoms with Crippen molar-refractivity contribution in [3.8, 4) is 5.75 Å². The summed E-state index contributed by atoms with van der Waals surface area (Å²) in [6.45, 7) is 10.4. The first-order valence-electron chi connectivity index (χ1n) is 11.4. The monoisotopic (exact) mass is 478 g/mol. The molecule has 0 spiro atoms. The summed E-state index contributed by atoms with van der Waals surface area (Å²) in [6.07, 6.45) is 13.2. The molecule has 0 aromatic heterocycles. The lowest BCUT2D eigenvalue weighted by Crippen LogP contribution is -2.24. The molecule has 2 rings (SSSR count). The van der Waals surface area contributed by atoms with Gasteiger partial charge in [0.15, 0.2) is 0 Å². The second-order valence-electron chi connectivity index (χ2n) is 9.00. The molecule has 0 fully saturated rings. The Morgan fingerprint density at radius 3 is 2.57 bits per heavy atom. The molecule has 0 heterocycles. The van der Waals surface area contributed by atoms with E-state index in [9.17, 15) is 14.7 Å². The first-order chi connectivity index (χ1) is 16.6. The van der Waals surface area contributed by atoms with E-state index in [1.807, 2.05) is 39.0 Å². The second-order valence-corrected chi connectivity index (χ2v) is 9.00. The molecule has 0 radical (unpaired) electrons. The van der Waals surface area contributed by atoms with Gasteiger partial charge in [0, 0.05) is 11.8 Å². The van der Waals surface area contributed by atoms with E-state index in [0.717, 1.165) is 35.3 Å². The Hall–Kier alpha value is -3.87. The Bertz CT molecular complexity index is 1090. The fraction of sp³-hybridized carbons (Fsp3) is 0.321. The molecule has 1 aliphatic rings. The minimum atomic E-state index is -0.237. The first-order valence-corrected chi connectivity index (χ1v) is 11.4. The fourth-order valence-electron chi connectivity index (χ4n) is 3.64. The Morgan fingerprint density at radius 2 is 1.89 bits per heavy atom. The van der Waals surface area contributed by atoms with Gasteiger partial charge in [-0.05, 0) is 80.0 Å². The number of carbonyl (C=O) groups excluding carboxylic acids is 2. The largest absolute Gasteiger partial charge is 0.508 e. The highest BCUT2D eigenvalue weighted by Crippen LogP contribution is 2.40. The van der Waals surface area contributed by atoms with Gasteiger partial charge < -0.3 is 20.0 Å². The van der Waals surface area contributed by atoms with Gasteiger partial charge in [-0.25, -0.2) is 0 Å². The first kappa shape index (κ1) is 27.4. The van der Waals surface area contributed by atoms with E-state index in [1.165, 1.54) is 23.8 Å². The number of allylic oxidation sites excluding steroid dienone is 9. The van der Waals surface area contributed by atoms with Crippen molar-refractivity contribution < 1.29 is 24.3 Å². The average molecular weight is 479 g/mol. The number of phenols is 1. The number of aromatic hydroxyl groups is 1. The van der Waals surface area contributed by atoms with Crippen molar-refractivity contribution in [1.29, 1.82) is 0 Å². The molecule has 0 saturated heterocycles. The van der Waals surface area contributed by atoms with E-state index < -0.39 is 0 Å². The molecule has 0 saturated carbocycles. The van der Waals surface area contributed by atoms with E-state index >= 15 is 0 Å². The van der Waals surface area contributed by atoms with Gasteiger partial charge in [-0.2, -0.15) is 0 Å². The standard InChI is InChI=1S/C28H34N2O5/c1-20(7-6-8-21(2)17-27(33)29-23-10-12-24(32)13-11-23)9-14-25-22(3)26(15-16-28(25,4)5)30-35-19-34-18-31/h6-14,17-18,32H,15-16,19H2,1-5H3,(H,29,33)/b8-6+,14-9+,20-7+,21-17+,30-26+. The lowest BCUT2D eigenvalue weighted by atomic mass is 9.72. The molecule has 1 amide bonds. The predicted molar refractivity (Wildman–Crippen MR) is 139 cm³/mol. The van der Waals surface area contributed by atoms with Gasteiger partial charge in [0.2, 0.25) is 5.91 Å². The summed E-state index contributed by atoms with van der Waals surface area (Å²) in [6, 6.07) is 6.32. The molecule has 2 N–H and O–H groups in total. The topological polar surface area (TPSA) is 97.2 Å². The van der Waals surface area contributed by atoms with Crippen LogP contribution in [0.5, 0.6) is 5.75 Å². The molecule has 7 nitrogen and oxygen atoms in total. The van der Waals surface area contributed by atoms with Gasteiger partial charge in [-0.3, -0.25) is 9.59 Å². The average Bonchev–Trinajstić information content (AvgIpc) is 2.79. The number of amides is 1. The Balaban J connectivity index is 2.04. The molecule has 1 aromatic carbocycles. The summed E-state index contributed by atoms with van der Waals surface area (Å²) < 4.78 is 4.52. The van der Waals surface area contributed by atoms with Crippen molar-refractivity contribution in [2.45, 2.75) is 47.5 Å². The zero-order chi connectivity index (χ0) is 25.8. The summed E-state index contributed by atoms with van der Waals surface area (Å²) in [5, 5.41) is 16.2. The third-order valence-electron chi connectivity index (χ3n) is 5.64. The number of phenolic OH excluding ortho intramolecular Hbond substituents is 1. The van der Waals surface area contributed by atoms with Gasteiger partial charge in [-0.15, -0.1) is 0 Å². The maximum Gasteiger partial charge on any atom is 0.296 e. The van der Waals surface area contributed by atoms with E-state index in [2.05, 4.69) is 41.2 Å². The van der Waals surface area contributed by atoms with Crippen molar-refractivity contribution in [2.75, 3.05) is 12.1 Å². The van der Waals surface area contributed by atoms with Crippen molar-refractivity contribution in [3.63, 3.8) is 0 Å². The SMILES string of the molecule is CC1=C(/C=C/C(C)=C/C=C/C(C)=C/C(=O)Nc2ccc(O)cc2)C(C)(C)CC/C1=N\OCOC=O. The number of rotatable bonds is 10. The van der Waals surface area contributed by atoms with Crippen LogP contribution in [0.3, 0.4) is 0 Å². The highest BCUT2D eigenvalue weighted by atomic mass is 16.7. The number of hydrogen-bond donors (Lipinski definition) is 2. The van der Waals surface area contributed by atoms with Crippen LogP contribution in [0.1, 0.15) is 47.5 Å². The summed E-state index contributed by atoms with van der Waals surface area (Å²) >= 11 is 0. The summed E-state index contributed by atoms with van der Waals surface area (Å²) in [5.41, 5.74) is 5.57.